The summed E-state index contributed by atoms with van der Waals surface area (Å²) in [5.41, 5.74) is 2.35. The quantitative estimate of drug-likeness (QED) is 0.661. The normalized spacial score (nSPS) is 17.4. The Hall–Kier alpha value is -3.26. The van der Waals surface area contributed by atoms with Gasteiger partial charge in [-0.25, -0.2) is 0 Å². The SMILES string of the molecule is COc1cc(C=C2SC(=O)NC2=O)ccc1OCc1ccc(C(=O)N2CCCCC2)cc1. The standard InChI is InChI=1S/C24H24N2O5S/c1-30-20-13-17(14-21-22(27)25-24(29)32-21)7-10-19(20)31-15-16-5-8-18(9-6-16)23(28)26-11-3-2-4-12-26/h5-10,13-14H,2-4,11-12,15H2,1H3,(H,25,27,29). The summed E-state index contributed by atoms with van der Waals surface area (Å²) < 4.78 is 11.3. The lowest BCUT2D eigenvalue weighted by Crippen LogP contribution is -2.35. The summed E-state index contributed by atoms with van der Waals surface area (Å²) in [7, 11) is 1.54. The maximum atomic E-state index is 12.6. The van der Waals surface area contributed by atoms with Gasteiger partial charge < -0.3 is 14.4 Å². The Bertz CT molecular complexity index is 1060. The van der Waals surface area contributed by atoms with E-state index < -0.39 is 5.91 Å². The minimum absolute atomic E-state index is 0.0827. The van der Waals surface area contributed by atoms with Crippen LogP contribution in [0, 0.1) is 0 Å². The summed E-state index contributed by atoms with van der Waals surface area (Å²) >= 11 is 0.868. The monoisotopic (exact) mass is 452 g/mol. The second kappa shape index (κ2) is 9.91. The van der Waals surface area contributed by atoms with Gasteiger partial charge >= 0.3 is 0 Å². The van der Waals surface area contributed by atoms with Crippen molar-refractivity contribution < 1.29 is 23.9 Å². The molecule has 2 aromatic carbocycles. The number of rotatable bonds is 6. The Morgan fingerprint density at radius 2 is 1.81 bits per heavy atom. The van der Waals surface area contributed by atoms with Crippen molar-refractivity contribution in [1.82, 2.24) is 10.2 Å². The van der Waals surface area contributed by atoms with E-state index in [9.17, 15) is 14.4 Å². The predicted molar refractivity (Wildman–Crippen MR) is 123 cm³/mol. The zero-order chi connectivity index (χ0) is 22.5. The molecule has 2 aliphatic heterocycles. The first-order valence-corrected chi connectivity index (χ1v) is 11.3. The lowest BCUT2D eigenvalue weighted by atomic mass is 10.1. The number of imide groups is 1. The molecule has 7 nitrogen and oxygen atoms in total. The number of carbonyl (C=O) groups is 3. The summed E-state index contributed by atoms with van der Waals surface area (Å²) in [5.74, 6) is 0.759. The van der Waals surface area contributed by atoms with Crippen molar-refractivity contribution in [2.24, 2.45) is 0 Å². The van der Waals surface area contributed by atoms with E-state index in [-0.39, 0.29) is 11.1 Å². The van der Waals surface area contributed by atoms with Crippen molar-refractivity contribution in [3.63, 3.8) is 0 Å². The number of methoxy groups -OCH3 is 1. The number of nitrogens with zero attached hydrogens (tertiary/aromatic N) is 1. The summed E-state index contributed by atoms with van der Waals surface area (Å²) in [6, 6.07) is 12.8. The third kappa shape index (κ3) is 5.13. The highest BCUT2D eigenvalue weighted by Crippen LogP contribution is 2.32. The molecule has 2 fully saturated rings. The van der Waals surface area contributed by atoms with E-state index in [0.29, 0.717) is 28.6 Å². The second-order valence-corrected chi connectivity index (χ2v) is 8.62. The highest BCUT2D eigenvalue weighted by atomic mass is 32.2. The Morgan fingerprint density at radius 1 is 1.06 bits per heavy atom. The molecule has 0 saturated carbocycles. The third-order valence-corrected chi connectivity index (χ3v) is 6.18. The number of nitrogens with one attached hydrogen (secondary N) is 1. The molecule has 2 aliphatic rings. The molecule has 32 heavy (non-hydrogen) atoms. The minimum Gasteiger partial charge on any atom is -0.493 e. The van der Waals surface area contributed by atoms with Gasteiger partial charge in [-0.2, -0.15) is 0 Å². The van der Waals surface area contributed by atoms with E-state index in [4.69, 9.17) is 9.47 Å². The Morgan fingerprint density at radius 3 is 2.47 bits per heavy atom. The van der Waals surface area contributed by atoms with Crippen molar-refractivity contribution in [2.45, 2.75) is 25.9 Å². The lowest BCUT2D eigenvalue weighted by molar-refractivity contribution is -0.115. The Kier molecular flexibility index (Phi) is 6.80. The van der Waals surface area contributed by atoms with Crippen LogP contribution >= 0.6 is 11.8 Å². The number of carbonyl (C=O) groups excluding carboxylic acids is 3. The van der Waals surface area contributed by atoms with E-state index in [1.54, 1.807) is 31.4 Å². The Balaban J connectivity index is 1.40. The molecule has 0 radical (unpaired) electrons. The lowest BCUT2D eigenvalue weighted by Gasteiger charge is -2.26. The number of benzene rings is 2. The van der Waals surface area contributed by atoms with Crippen molar-refractivity contribution >= 4 is 34.9 Å². The molecule has 3 amide bonds. The molecular weight excluding hydrogens is 428 g/mol. The highest BCUT2D eigenvalue weighted by Gasteiger charge is 2.25. The first-order valence-electron chi connectivity index (χ1n) is 10.5. The second-order valence-electron chi connectivity index (χ2n) is 7.60. The zero-order valence-electron chi connectivity index (χ0n) is 17.8. The molecule has 4 rings (SSSR count). The van der Waals surface area contributed by atoms with Crippen LogP contribution in [0.5, 0.6) is 11.5 Å². The van der Waals surface area contributed by atoms with E-state index >= 15 is 0 Å². The zero-order valence-corrected chi connectivity index (χ0v) is 18.6. The molecule has 0 unspecified atom stereocenters. The predicted octanol–water partition coefficient (Wildman–Crippen LogP) is 4.22. The average Bonchev–Trinajstić information content (AvgIpc) is 3.14. The van der Waals surface area contributed by atoms with Gasteiger partial charge in [0.15, 0.2) is 11.5 Å². The summed E-state index contributed by atoms with van der Waals surface area (Å²) in [6.45, 7) is 1.98. The summed E-state index contributed by atoms with van der Waals surface area (Å²) in [4.78, 5) is 37.9. The van der Waals surface area contributed by atoms with Gasteiger partial charge in [-0.1, -0.05) is 18.2 Å². The van der Waals surface area contributed by atoms with E-state index in [1.165, 1.54) is 6.42 Å². The van der Waals surface area contributed by atoms with Crippen molar-refractivity contribution in [3.05, 3.63) is 64.1 Å². The maximum absolute atomic E-state index is 12.6. The average molecular weight is 453 g/mol. The van der Waals surface area contributed by atoms with Crippen LogP contribution in [0.15, 0.2) is 47.4 Å². The molecule has 2 saturated heterocycles. The van der Waals surface area contributed by atoms with E-state index in [1.807, 2.05) is 29.2 Å². The molecule has 0 spiro atoms. The van der Waals surface area contributed by atoms with Crippen molar-refractivity contribution in [2.75, 3.05) is 20.2 Å². The molecule has 0 aliphatic carbocycles. The smallest absolute Gasteiger partial charge is 0.290 e. The fourth-order valence-corrected chi connectivity index (χ4v) is 4.33. The van der Waals surface area contributed by atoms with Crippen LogP contribution in [-0.4, -0.2) is 42.2 Å². The van der Waals surface area contributed by atoms with Gasteiger partial charge in [0.2, 0.25) is 0 Å². The largest absolute Gasteiger partial charge is 0.493 e. The van der Waals surface area contributed by atoms with Crippen LogP contribution in [-0.2, 0) is 11.4 Å². The fourth-order valence-electron chi connectivity index (χ4n) is 3.65. The van der Waals surface area contributed by atoms with Crippen LogP contribution in [0.4, 0.5) is 4.79 Å². The van der Waals surface area contributed by atoms with Gasteiger partial charge in [-0.15, -0.1) is 0 Å². The van der Waals surface area contributed by atoms with Gasteiger partial charge in [-0.3, -0.25) is 19.7 Å². The van der Waals surface area contributed by atoms with Gasteiger partial charge in [-0.05, 0) is 72.5 Å². The molecule has 166 valence electrons. The molecule has 2 aromatic rings. The third-order valence-electron chi connectivity index (χ3n) is 5.37. The molecule has 1 N–H and O–H groups in total. The first-order chi connectivity index (χ1) is 15.5. The number of thioether (sulfide) groups is 1. The first kappa shape index (κ1) is 22.0. The van der Waals surface area contributed by atoms with Gasteiger partial charge in [0.25, 0.3) is 17.1 Å². The van der Waals surface area contributed by atoms with Crippen molar-refractivity contribution in [1.29, 1.82) is 0 Å². The number of amides is 3. The molecule has 0 atom stereocenters. The van der Waals surface area contributed by atoms with Gasteiger partial charge in [0, 0.05) is 18.7 Å². The van der Waals surface area contributed by atoms with Crippen LogP contribution in [0.2, 0.25) is 0 Å². The fraction of sp³-hybridized carbons (Fsp3) is 0.292. The van der Waals surface area contributed by atoms with Gasteiger partial charge in [0.1, 0.15) is 6.61 Å². The number of piperidine rings is 1. The molecular formula is C24H24N2O5S. The number of hydrogen-bond donors (Lipinski definition) is 1. The van der Waals surface area contributed by atoms with Crippen LogP contribution in [0.25, 0.3) is 6.08 Å². The number of hydrogen-bond acceptors (Lipinski definition) is 6. The molecule has 2 heterocycles. The van der Waals surface area contributed by atoms with E-state index in [2.05, 4.69) is 5.32 Å². The minimum atomic E-state index is -0.401. The number of likely N-dealkylation sites (tertiary alicyclic amines) is 1. The van der Waals surface area contributed by atoms with Crippen LogP contribution < -0.4 is 14.8 Å². The topological polar surface area (TPSA) is 84.9 Å². The van der Waals surface area contributed by atoms with Gasteiger partial charge in [0.05, 0.1) is 12.0 Å². The maximum Gasteiger partial charge on any atom is 0.290 e. The van der Waals surface area contributed by atoms with Crippen LogP contribution in [0.1, 0.15) is 40.7 Å². The van der Waals surface area contributed by atoms with Crippen LogP contribution in [0.3, 0.4) is 0 Å². The highest BCUT2D eigenvalue weighted by molar-refractivity contribution is 8.18. The molecule has 0 bridgehead atoms. The molecule has 0 aromatic heterocycles. The Labute approximate surface area is 190 Å². The summed E-state index contributed by atoms with van der Waals surface area (Å²) in [6.07, 6.45) is 4.96. The summed E-state index contributed by atoms with van der Waals surface area (Å²) in [5, 5.41) is 1.85. The van der Waals surface area contributed by atoms with Crippen molar-refractivity contribution in [3.8, 4) is 11.5 Å². The molecule has 8 heteroatoms. The number of ether oxygens (including phenoxy) is 2. The van der Waals surface area contributed by atoms with E-state index in [0.717, 1.165) is 48.8 Å².